The van der Waals surface area contributed by atoms with E-state index < -0.39 is 5.97 Å². The number of nitrogens with zero attached hydrogens (tertiary/aromatic N) is 3. The largest absolute Gasteiger partial charge is 0.481 e. The summed E-state index contributed by atoms with van der Waals surface area (Å²) in [7, 11) is 0. The molecule has 2 aromatic rings. The third-order valence-corrected chi connectivity index (χ3v) is 5.04. The summed E-state index contributed by atoms with van der Waals surface area (Å²) in [6.45, 7) is 0. The van der Waals surface area contributed by atoms with E-state index in [1.807, 2.05) is 12.1 Å². The van der Waals surface area contributed by atoms with Crippen LogP contribution in [-0.2, 0) is 4.79 Å². The molecule has 1 aliphatic rings. The molecule has 0 radical (unpaired) electrons. The predicted octanol–water partition coefficient (Wildman–Crippen LogP) is 4.44. The molecule has 1 aliphatic carbocycles. The second-order valence-corrected chi connectivity index (χ2v) is 6.92. The summed E-state index contributed by atoms with van der Waals surface area (Å²) in [6.07, 6.45) is 13.0. The maximum absolute atomic E-state index is 11.2. The molecule has 2 aromatic heterocycles. The van der Waals surface area contributed by atoms with Gasteiger partial charge in [0.2, 0.25) is 11.7 Å². The second kappa shape index (κ2) is 8.74. The first-order chi connectivity index (χ1) is 12.2. The Bertz CT molecular complexity index is 666. The molecule has 0 aromatic carbocycles. The van der Waals surface area contributed by atoms with E-state index in [9.17, 15) is 9.90 Å². The molecule has 6 heteroatoms. The molecule has 1 saturated carbocycles. The molecule has 1 N–H and O–H groups in total. The summed E-state index contributed by atoms with van der Waals surface area (Å²) in [5.74, 6) is 0.669. The summed E-state index contributed by atoms with van der Waals surface area (Å²) in [6, 6.07) is 3.62. The number of pyridine rings is 1. The van der Waals surface area contributed by atoms with Gasteiger partial charge in [0.1, 0.15) is 0 Å². The van der Waals surface area contributed by atoms with E-state index >= 15 is 0 Å². The molecular formula is C19H25N3O3. The fraction of sp³-hybridized carbons (Fsp3) is 0.579. The van der Waals surface area contributed by atoms with E-state index in [1.54, 1.807) is 12.4 Å². The van der Waals surface area contributed by atoms with Crippen molar-refractivity contribution in [3.05, 3.63) is 30.4 Å². The van der Waals surface area contributed by atoms with E-state index in [0.29, 0.717) is 11.7 Å². The molecule has 3 rings (SSSR count). The first kappa shape index (κ1) is 17.6. The lowest BCUT2D eigenvalue weighted by molar-refractivity contribution is -0.137. The number of hydrogen-bond acceptors (Lipinski definition) is 5. The van der Waals surface area contributed by atoms with Crippen molar-refractivity contribution in [1.82, 2.24) is 15.1 Å². The maximum atomic E-state index is 11.2. The fourth-order valence-electron chi connectivity index (χ4n) is 3.67. The van der Waals surface area contributed by atoms with E-state index in [4.69, 9.17) is 4.52 Å². The van der Waals surface area contributed by atoms with E-state index in [1.165, 1.54) is 38.5 Å². The molecule has 1 atom stereocenters. The van der Waals surface area contributed by atoms with Crippen LogP contribution in [-0.4, -0.2) is 26.2 Å². The lowest BCUT2D eigenvalue weighted by Crippen LogP contribution is -2.09. The summed E-state index contributed by atoms with van der Waals surface area (Å²) in [5, 5.41) is 13.2. The highest BCUT2D eigenvalue weighted by Gasteiger charge is 2.23. The lowest BCUT2D eigenvalue weighted by Gasteiger charge is -2.21. The fourth-order valence-corrected chi connectivity index (χ4v) is 3.67. The monoisotopic (exact) mass is 343 g/mol. The SMILES string of the molecule is O=C(O)C[C@H](CCCC1CCCCC1)c1nc(-c2ccncc2)no1. The highest BCUT2D eigenvalue weighted by molar-refractivity contribution is 5.67. The van der Waals surface area contributed by atoms with Crippen LogP contribution in [0.4, 0.5) is 0 Å². The van der Waals surface area contributed by atoms with Crippen LogP contribution in [0.15, 0.2) is 29.0 Å². The molecule has 0 bridgehead atoms. The molecule has 6 nitrogen and oxygen atoms in total. The normalized spacial score (nSPS) is 16.6. The molecule has 0 aliphatic heterocycles. The van der Waals surface area contributed by atoms with Crippen molar-refractivity contribution in [3.8, 4) is 11.4 Å². The molecule has 134 valence electrons. The molecule has 25 heavy (non-hydrogen) atoms. The first-order valence-electron chi connectivity index (χ1n) is 9.18. The minimum Gasteiger partial charge on any atom is -0.481 e. The van der Waals surface area contributed by atoms with Crippen molar-refractivity contribution >= 4 is 5.97 Å². The topological polar surface area (TPSA) is 89.1 Å². The number of aliphatic carboxylic acids is 1. The van der Waals surface area contributed by atoms with Gasteiger partial charge in [-0.1, -0.05) is 50.1 Å². The number of carboxylic acid groups (broad SMARTS) is 1. The van der Waals surface area contributed by atoms with Crippen LogP contribution in [0.1, 0.15) is 69.6 Å². The van der Waals surface area contributed by atoms with Gasteiger partial charge >= 0.3 is 5.97 Å². The van der Waals surface area contributed by atoms with Crippen molar-refractivity contribution in [1.29, 1.82) is 0 Å². The van der Waals surface area contributed by atoms with Crippen LogP contribution in [0.25, 0.3) is 11.4 Å². The molecule has 0 amide bonds. The Balaban J connectivity index is 1.62. The van der Waals surface area contributed by atoms with Gasteiger partial charge in [0.05, 0.1) is 6.42 Å². The summed E-state index contributed by atoms with van der Waals surface area (Å²) in [4.78, 5) is 19.6. The average molecular weight is 343 g/mol. The Morgan fingerprint density at radius 1 is 1.24 bits per heavy atom. The molecular weight excluding hydrogens is 318 g/mol. The summed E-state index contributed by atoms with van der Waals surface area (Å²) < 4.78 is 5.38. The Kier molecular flexibility index (Phi) is 6.14. The Hall–Kier alpha value is -2.24. The average Bonchev–Trinajstić information content (AvgIpc) is 3.12. The highest BCUT2D eigenvalue weighted by Crippen LogP contribution is 2.31. The van der Waals surface area contributed by atoms with Crippen LogP contribution in [0.5, 0.6) is 0 Å². The second-order valence-electron chi connectivity index (χ2n) is 6.92. The van der Waals surface area contributed by atoms with Crippen LogP contribution in [0.3, 0.4) is 0 Å². The minimum atomic E-state index is -0.827. The molecule has 0 spiro atoms. The van der Waals surface area contributed by atoms with E-state index in [0.717, 1.165) is 24.3 Å². The standard InChI is InChI=1S/C19H25N3O3/c23-17(24)13-16(8-4-7-14-5-2-1-3-6-14)19-21-18(22-25-19)15-9-11-20-12-10-15/h9-12,14,16H,1-8,13H2,(H,23,24)/t16-/m0/s1. The van der Waals surface area contributed by atoms with Crippen molar-refractivity contribution in [2.75, 3.05) is 0 Å². The zero-order valence-electron chi connectivity index (χ0n) is 14.4. The van der Waals surface area contributed by atoms with Crippen molar-refractivity contribution < 1.29 is 14.4 Å². The minimum absolute atomic E-state index is 0.0304. The third-order valence-electron chi connectivity index (χ3n) is 5.04. The van der Waals surface area contributed by atoms with Crippen molar-refractivity contribution in [3.63, 3.8) is 0 Å². The quantitative estimate of drug-likeness (QED) is 0.762. The summed E-state index contributed by atoms with van der Waals surface area (Å²) in [5.41, 5.74) is 0.821. The Labute approximate surface area is 147 Å². The number of hydrogen-bond donors (Lipinski definition) is 1. The van der Waals surface area contributed by atoms with Crippen LogP contribution >= 0.6 is 0 Å². The van der Waals surface area contributed by atoms with Gasteiger partial charge in [-0.05, 0) is 24.5 Å². The van der Waals surface area contributed by atoms with Gasteiger partial charge < -0.3 is 9.63 Å². The van der Waals surface area contributed by atoms with Gasteiger partial charge in [0.15, 0.2) is 0 Å². The van der Waals surface area contributed by atoms with E-state index in [2.05, 4.69) is 15.1 Å². The number of rotatable bonds is 8. The Morgan fingerprint density at radius 2 is 2.00 bits per heavy atom. The highest BCUT2D eigenvalue weighted by atomic mass is 16.5. The number of carbonyl (C=O) groups is 1. The molecule has 0 saturated heterocycles. The third kappa shape index (κ3) is 5.11. The lowest BCUT2D eigenvalue weighted by atomic mass is 9.84. The smallest absolute Gasteiger partial charge is 0.304 e. The summed E-state index contributed by atoms with van der Waals surface area (Å²) >= 11 is 0. The van der Waals surface area contributed by atoms with Crippen molar-refractivity contribution in [2.24, 2.45) is 5.92 Å². The number of aromatic nitrogens is 3. The molecule has 0 unspecified atom stereocenters. The molecule has 2 heterocycles. The number of carboxylic acids is 1. The van der Waals surface area contributed by atoms with Crippen LogP contribution < -0.4 is 0 Å². The Morgan fingerprint density at radius 3 is 2.72 bits per heavy atom. The van der Waals surface area contributed by atoms with E-state index in [-0.39, 0.29) is 12.3 Å². The van der Waals surface area contributed by atoms with Gasteiger partial charge in [-0.15, -0.1) is 0 Å². The van der Waals surface area contributed by atoms with Crippen molar-refractivity contribution in [2.45, 2.75) is 63.7 Å². The predicted molar refractivity (Wildman–Crippen MR) is 92.9 cm³/mol. The first-order valence-corrected chi connectivity index (χ1v) is 9.18. The van der Waals surface area contributed by atoms with Gasteiger partial charge in [-0.3, -0.25) is 9.78 Å². The van der Waals surface area contributed by atoms with Gasteiger partial charge in [-0.25, -0.2) is 0 Å². The van der Waals surface area contributed by atoms with Gasteiger partial charge in [0, 0.05) is 23.9 Å². The van der Waals surface area contributed by atoms with Gasteiger partial charge in [0.25, 0.3) is 0 Å². The molecule has 1 fully saturated rings. The zero-order chi connectivity index (χ0) is 17.5. The van der Waals surface area contributed by atoms with Crippen LogP contribution in [0, 0.1) is 5.92 Å². The maximum Gasteiger partial charge on any atom is 0.304 e. The van der Waals surface area contributed by atoms with Crippen LogP contribution in [0.2, 0.25) is 0 Å². The van der Waals surface area contributed by atoms with Gasteiger partial charge in [-0.2, -0.15) is 4.98 Å². The zero-order valence-corrected chi connectivity index (χ0v) is 14.4.